The molecule has 0 N–H and O–H groups in total. The van der Waals surface area contributed by atoms with Crippen LogP contribution in [0.2, 0.25) is 0 Å². The van der Waals surface area contributed by atoms with Crippen molar-refractivity contribution in [1.29, 1.82) is 0 Å². The van der Waals surface area contributed by atoms with E-state index in [9.17, 15) is 0 Å². The molecule has 0 aromatic carbocycles. The van der Waals surface area contributed by atoms with E-state index in [-0.39, 0.29) is 0 Å². The van der Waals surface area contributed by atoms with Crippen LogP contribution in [-0.2, 0) is 0 Å². The van der Waals surface area contributed by atoms with Crippen LogP contribution in [0, 0.1) is 6.92 Å². The summed E-state index contributed by atoms with van der Waals surface area (Å²) in [7, 11) is 0. The maximum Gasteiger partial charge on any atom is 0.212 e. The molecule has 0 atom stereocenters. The van der Waals surface area contributed by atoms with Crippen molar-refractivity contribution >= 4 is 43.2 Å². The number of nitrogens with zero attached hydrogens (tertiary/aromatic N) is 3. The number of rotatable bonds is 1. The number of halogens is 2. The van der Waals surface area contributed by atoms with Gasteiger partial charge in [0.25, 0.3) is 0 Å². The molecule has 2 rings (SSSR count). The second-order valence-electron chi connectivity index (χ2n) is 2.52. The summed E-state index contributed by atoms with van der Waals surface area (Å²) in [5.74, 6) is 0. The molecule has 0 radical (unpaired) electrons. The third kappa shape index (κ3) is 1.84. The fraction of sp³-hybridized carbons (Fsp3) is 0.143. The van der Waals surface area contributed by atoms with Gasteiger partial charge in [-0.05, 0) is 44.3 Å². The minimum atomic E-state index is 0.820. The van der Waals surface area contributed by atoms with E-state index in [2.05, 4.69) is 41.9 Å². The Morgan fingerprint density at radius 3 is 2.69 bits per heavy atom. The van der Waals surface area contributed by atoms with Gasteiger partial charge in [0, 0.05) is 6.20 Å². The number of aryl methyl sites for hydroxylation is 1. The highest BCUT2D eigenvalue weighted by Crippen LogP contribution is 2.30. The van der Waals surface area contributed by atoms with E-state index in [1.54, 1.807) is 4.68 Å². The first-order chi connectivity index (χ1) is 6.16. The van der Waals surface area contributed by atoms with Gasteiger partial charge in [-0.3, -0.25) is 0 Å². The first kappa shape index (κ1) is 9.36. The second-order valence-corrected chi connectivity index (χ2v) is 5.57. The fourth-order valence-corrected chi connectivity index (χ4v) is 2.56. The molecule has 3 nitrogen and oxygen atoms in total. The lowest BCUT2D eigenvalue weighted by Gasteiger charge is -1.90. The number of hydrogen-bond acceptors (Lipinski definition) is 3. The van der Waals surface area contributed by atoms with E-state index in [0.29, 0.717) is 0 Å². The average molecular weight is 323 g/mol. The molecule has 0 aliphatic carbocycles. The standard InChI is InChI=1S/C7H5Br2N3S/c1-4-2-10-12(3-4)7-11-5(8)6(9)13-7/h2-3H,1H3. The molecular weight excluding hydrogens is 318 g/mol. The largest absolute Gasteiger partial charge is 0.213 e. The highest BCUT2D eigenvalue weighted by atomic mass is 79.9. The van der Waals surface area contributed by atoms with E-state index < -0.39 is 0 Å². The van der Waals surface area contributed by atoms with Gasteiger partial charge in [-0.1, -0.05) is 11.3 Å². The maximum atomic E-state index is 4.28. The first-order valence-electron chi connectivity index (χ1n) is 3.50. The van der Waals surface area contributed by atoms with Gasteiger partial charge in [0.2, 0.25) is 5.13 Å². The van der Waals surface area contributed by atoms with Crippen LogP contribution >= 0.6 is 43.2 Å². The number of hydrogen-bond donors (Lipinski definition) is 0. The predicted octanol–water partition coefficient (Wildman–Crippen LogP) is 3.16. The molecule has 0 aliphatic rings. The molecule has 0 saturated carbocycles. The minimum absolute atomic E-state index is 0.820. The molecule has 0 fully saturated rings. The molecule has 0 saturated heterocycles. The zero-order chi connectivity index (χ0) is 9.42. The molecule has 2 aromatic heterocycles. The molecule has 0 bridgehead atoms. The molecule has 0 unspecified atom stereocenters. The predicted molar refractivity (Wildman–Crippen MR) is 59.4 cm³/mol. The van der Waals surface area contributed by atoms with E-state index in [1.807, 2.05) is 19.3 Å². The van der Waals surface area contributed by atoms with Crippen LogP contribution in [0.5, 0.6) is 0 Å². The van der Waals surface area contributed by atoms with E-state index in [0.717, 1.165) is 19.1 Å². The Balaban J connectivity index is 2.46. The van der Waals surface area contributed by atoms with Gasteiger partial charge in [-0.25, -0.2) is 9.67 Å². The van der Waals surface area contributed by atoms with Crippen molar-refractivity contribution in [3.05, 3.63) is 26.3 Å². The smallest absolute Gasteiger partial charge is 0.212 e. The lowest BCUT2D eigenvalue weighted by atomic mass is 10.4. The Kier molecular flexibility index (Phi) is 2.53. The molecule has 2 aromatic rings. The topological polar surface area (TPSA) is 30.7 Å². The summed E-state index contributed by atoms with van der Waals surface area (Å²) in [6.45, 7) is 2.00. The number of aromatic nitrogens is 3. The van der Waals surface area contributed by atoms with Crippen LogP contribution in [0.15, 0.2) is 20.8 Å². The van der Waals surface area contributed by atoms with Gasteiger partial charge >= 0.3 is 0 Å². The van der Waals surface area contributed by atoms with E-state index in [1.165, 1.54) is 11.3 Å². The van der Waals surface area contributed by atoms with Crippen LogP contribution < -0.4 is 0 Å². The van der Waals surface area contributed by atoms with Gasteiger partial charge in [-0.15, -0.1) is 0 Å². The summed E-state index contributed by atoms with van der Waals surface area (Å²) in [4.78, 5) is 4.28. The van der Waals surface area contributed by atoms with Crippen LogP contribution in [0.3, 0.4) is 0 Å². The minimum Gasteiger partial charge on any atom is -0.213 e. The van der Waals surface area contributed by atoms with Gasteiger partial charge in [0.1, 0.15) is 8.39 Å². The molecule has 13 heavy (non-hydrogen) atoms. The lowest BCUT2D eigenvalue weighted by Crippen LogP contribution is -1.91. The van der Waals surface area contributed by atoms with Crippen molar-refractivity contribution in [2.45, 2.75) is 6.92 Å². The molecule has 0 aliphatic heterocycles. The van der Waals surface area contributed by atoms with E-state index >= 15 is 0 Å². The normalized spacial score (nSPS) is 10.7. The van der Waals surface area contributed by atoms with Crippen molar-refractivity contribution < 1.29 is 0 Å². The molecular formula is C7H5Br2N3S. The summed E-state index contributed by atoms with van der Waals surface area (Å²) in [6.07, 6.45) is 3.75. The molecule has 68 valence electrons. The Morgan fingerprint density at radius 2 is 2.23 bits per heavy atom. The quantitative estimate of drug-likeness (QED) is 0.807. The zero-order valence-corrected chi connectivity index (χ0v) is 10.6. The molecule has 6 heteroatoms. The van der Waals surface area contributed by atoms with Crippen molar-refractivity contribution in [3.8, 4) is 5.13 Å². The van der Waals surface area contributed by atoms with Crippen LogP contribution in [0.1, 0.15) is 5.56 Å². The van der Waals surface area contributed by atoms with Gasteiger partial charge < -0.3 is 0 Å². The fourth-order valence-electron chi connectivity index (χ4n) is 0.888. The summed E-state index contributed by atoms with van der Waals surface area (Å²) < 4.78 is 3.56. The van der Waals surface area contributed by atoms with Crippen LogP contribution in [0.25, 0.3) is 5.13 Å². The van der Waals surface area contributed by atoms with Gasteiger partial charge in [0.05, 0.1) is 6.20 Å². The third-order valence-electron chi connectivity index (χ3n) is 1.44. The first-order valence-corrected chi connectivity index (χ1v) is 5.90. The highest BCUT2D eigenvalue weighted by molar-refractivity contribution is 9.13. The van der Waals surface area contributed by atoms with Crippen molar-refractivity contribution in [3.63, 3.8) is 0 Å². The SMILES string of the molecule is Cc1cnn(-c2nc(Br)c(Br)s2)c1. The maximum absolute atomic E-state index is 4.28. The summed E-state index contributed by atoms with van der Waals surface area (Å²) in [5.41, 5.74) is 1.13. The Morgan fingerprint density at radius 1 is 1.46 bits per heavy atom. The monoisotopic (exact) mass is 321 g/mol. The summed E-state index contributed by atoms with van der Waals surface area (Å²) >= 11 is 8.26. The van der Waals surface area contributed by atoms with Crippen LogP contribution in [0.4, 0.5) is 0 Å². The Bertz CT molecular complexity index is 415. The lowest BCUT2D eigenvalue weighted by molar-refractivity contribution is 0.867. The highest BCUT2D eigenvalue weighted by Gasteiger charge is 2.07. The molecule has 0 amide bonds. The molecule has 2 heterocycles. The third-order valence-corrected chi connectivity index (χ3v) is 4.51. The summed E-state index contributed by atoms with van der Waals surface area (Å²) in [6, 6.07) is 0. The number of thiazole rings is 1. The Labute approximate surface area is 96.1 Å². The van der Waals surface area contributed by atoms with Crippen molar-refractivity contribution in [2.24, 2.45) is 0 Å². The van der Waals surface area contributed by atoms with E-state index in [4.69, 9.17) is 0 Å². The van der Waals surface area contributed by atoms with Crippen LogP contribution in [-0.4, -0.2) is 14.8 Å². The average Bonchev–Trinajstić information content (AvgIpc) is 2.61. The zero-order valence-electron chi connectivity index (χ0n) is 6.66. The van der Waals surface area contributed by atoms with Gasteiger partial charge in [-0.2, -0.15) is 5.10 Å². The van der Waals surface area contributed by atoms with Gasteiger partial charge in [0.15, 0.2) is 0 Å². The second kappa shape index (κ2) is 3.51. The molecule has 0 spiro atoms. The Hall–Kier alpha value is -0.200. The van der Waals surface area contributed by atoms with Crippen molar-refractivity contribution in [2.75, 3.05) is 0 Å². The van der Waals surface area contributed by atoms with Crippen molar-refractivity contribution in [1.82, 2.24) is 14.8 Å². The summed E-state index contributed by atoms with van der Waals surface area (Å²) in [5, 5.41) is 5.02.